The van der Waals surface area contributed by atoms with Crippen LogP contribution in [0.1, 0.15) is 48.5 Å². The van der Waals surface area contributed by atoms with Crippen LogP contribution in [0, 0.1) is 30.4 Å². The average Bonchev–Trinajstić information content (AvgIpc) is 2.72. The van der Waals surface area contributed by atoms with Gasteiger partial charge in [0.15, 0.2) is 0 Å². The van der Waals surface area contributed by atoms with Crippen LogP contribution in [0.3, 0.4) is 0 Å². The van der Waals surface area contributed by atoms with E-state index in [2.05, 4.69) is 5.32 Å². The molecule has 0 aliphatic heterocycles. The van der Waals surface area contributed by atoms with Crippen LogP contribution in [-0.2, 0) is 15.5 Å². The first-order chi connectivity index (χ1) is 9.42. The lowest BCUT2D eigenvalue weighted by molar-refractivity contribution is 0.0512. The lowest BCUT2D eigenvalue weighted by Crippen LogP contribution is -2.42. The maximum absolute atomic E-state index is 12.5. The van der Waals surface area contributed by atoms with E-state index < -0.39 is 22.5 Å². The van der Waals surface area contributed by atoms with Gasteiger partial charge in [0.1, 0.15) is 5.60 Å². The zero-order chi connectivity index (χ0) is 16.4. The largest absolute Gasteiger partial charge is 0.444 e. The molecule has 0 aromatic carbocycles. The second kappa shape index (κ2) is 6.67. The van der Waals surface area contributed by atoms with E-state index in [1.807, 2.05) is 67.7 Å². The van der Waals surface area contributed by atoms with Gasteiger partial charge in [-0.1, -0.05) is 0 Å². The maximum atomic E-state index is 12.5. The first kappa shape index (κ1) is 18.5. The Morgan fingerprint density at radius 1 is 1.19 bits per heavy atom. The van der Waals surface area contributed by atoms with E-state index >= 15 is 0 Å². The first-order valence-corrected chi connectivity index (χ1v) is 8.24. The monoisotopic (exact) mass is 312 g/mol. The van der Waals surface area contributed by atoms with Gasteiger partial charge in [-0.25, -0.2) is 4.79 Å². The highest BCUT2D eigenvalue weighted by Crippen LogP contribution is 2.41. The number of carbonyl (C=O) groups is 1. The fourth-order valence-electron chi connectivity index (χ4n) is 1.84. The maximum Gasteiger partial charge on any atom is 0.407 e. The molecule has 1 saturated carbocycles. The zero-order valence-corrected chi connectivity index (χ0v) is 14.8. The molecule has 5 radical (unpaired) electrons. The molecule has 0 spiro atoms. The molecule has 0 unspecified atom stereocenters. The summed E-state index contributed by atoms with van der Waals surface area (Å²) in [6.45, 7) is 13.1. The predicted molar refractivity (Wildman–Crippen MR) is 86.1 cm³/mol. The number of nitrogens with one attached hydrogen (secondary N) is 1. The van der Waals surface area contributed by atoms with Gasteiger partial charge in [-0.3, -0.25) is 4.21 Å². The minimum Gasteiger partial charge on any atom is -0.444 e. The topological polar surface area (TPSA) is 55.4 Å². The van der Waals surface area contributed by atoms with Crippen molar-refractivity contribution in [3.05, 3.63) is 30.4 Å². The number of hydrogen-bond donors (Lipinski definition) is 1. The van der Waals surface area contributed by atoms with Gasteiger partial charge in [0.05, 0.1) is 5.25 Å². The van der Waals surface area contributed by atoms with Crippen LogP contribution in [0.4, 0.5) is 4.79 Å². The third-order valence-corrected chi connectivity index (χ3v) is 4.65. The summed E-state index contributed by atoms with van der Waals surface area (Å²) in [7, 11) is -1.13. The Balaban J connectivity index is 2.66. The number of carbonyl (C=O) groups excluding carboxylic acids is 1. The molecule has 1 rings (SSSR count). The fourth-order valence-corrected chi connectivity index (χ4v) is 3.16. The van der Waals surface area contributed by atoms with Crippen LogP contribution >= 0.6 is 0 Å². The van der Waals surface area contributed by atoms with Crippen LogP contribution in [0.25, 0.3) is 0 Å². The molecule has 0 bridgehead atoms. The van der Waals surface area contributed by atoms with Gasteiger partial charge in [-0.05, 0) is 67.7 Å². The van der Waals surface area contributed by atoms with E-state index in [1.54, 1.807) is 0 Å². The highest BCUT2D eigenvalue weighted by molar-refractivity contribution is 7.89. The third kappa shape index (κ3) is 5.61. The molecule has 4 nitrogen and oxygen atoms in total. The van der Waals surface area contributed by atoms with Crippen molar-refractivity contribution in [3.63, 3.8) is 0 Å². The molecule has 1 N–H and O–H groups in total. The quantitative estimate of drug-likeness (QED) is 0.871. The fraction of sp³-hybridized carbons (Fsp3) is 0.625. The molecule has 0 aromatic heterocycles. The number of amides is 1. The smallest absolute Gasteiger partial charge is 0.407 e. The van der Waals surface area contributed by atoms with Crippen LogP contribution in [0.5, 0.6) is 0 Å². The van der Waals surface area contributed by atoms with Crippen molar-refractivity contribution >= 4 is 16.9 Å². The van der Waals surface area contributed by atoms with Crippen LogP contribution in [0.15, 0.2) is 0 Å². The normalized spacial score (nSPS) is 21.1. The van der Waals surface area contributed by atoms with Gasteiger partial charge in [0.2, 0.25) is 0 Å². The Morgan fingerprint density at radius 2 is 1.76 bits per heavy atom. The zero-order valence-electron chi connectivity index (χ0n) is 13.9. The number of hydrogen-bond acceptors (Lipinski definition) is 3. The molecule has 119 valence electrons. The summed E-state index contributed by atoms with van der Waals surface area (Å²) >= 11 is 0. The highest BCUT2D eigenvalue weighted by atomic mass is 32.2. The van der Waals surface area contributed by atoms with Crippen molar-refractivity contribution in [3.8, 4) is 0 Å². The third-order valence-electron chi connectivity index (χ3n) is 2.76. The molecule has 0 saturated heterocycles. The first-order valence-electron chi connectivity index (χ1n) is 7.09. The van der Waals surface area contributed by atoms with Crippen LogP contribution < -0.4 is 5.32 Å². The molecule has 1 aliphatic carbocycles. The Hall–Kier alpha value is -0.580. The molecule has 0 aromatic rings. The van der Waals surface area contributed by atoms with Crippen molar-refractivity contribution < 1.29 is 13.7 Å². The molecule has 1 fully saturated rings. The Bertz CT molecular complexity index is 395. The second-order valence-corrected chi connectivity index (χ2v) is 9.30. The van der Waals surface area contributed by atoms with Gasteiger partial charge in [-0.2, -0.15) is 0 Å². The summed E-state index contributed by atoms with van der Waals surface area (Å²) in [6, 6.07) is -0.254. The van der Waals surface area contributed by atoms with Gasteiger partial charge in [-0.15, -0.1) is 0 Å². The van der Waals surface area contributed by atoms with Crippen molar-refractivity contribution in [2.45, 2.75) is 64.9 Å². The lowest BCUT2D eigenvalue weighted by atomic mass is 9.99. The highest BCUT2D eigenvalue weighted by Gasteiger charge is 2.41. The number of alkyl carbamates (subject to hydrolysis) is 1. The number of ether oxygens (including phenoxy) is 1. The summed E-state index contributed by atoms with van der Waals surface area (Å²) < 4.78 is 17.4. The van der Waals surface area contributed by atoms with Crippen molar-refractivity contribution in [1.29, 1.82) is 0 Å². The SMILES string of the molecule is C[C@H](NC(=O)OC(C)(C)C)[C]1[CH][CH][CH][C]1[S@@](=O)C(C)(C)C. The predicted octanol–water partition coefficient (Wildman–Crippen LogP) is 3.18. The van der Waals surface area contributed by atoms with Gasteiger partial charge in [0, 0.05) is 27.5 Å². The van der Waals surface area contributed by atoms with E-state index in [1.165, 1.54) is 0 Å². The van der Waals surface area contributed by atoms with Gasteiger partial charge in [0.25, 0.3) is 0 Å². The Kier molecular flexibility index (Phi) is 5.87. The van der Waals surface area contributed by atoms with E-state index in [-0.39, 0.29) is 10.8 Å². The minimum atomic E-state index is -1.13. The molecule has 2 atom stereocenters. The average molecular weight is 312 g/mol. The molecule has 0 heterocycles. The van der Waals surface area contributed by atoms with Crippen LogP contribution in [-0.4, -0.2) is 26.7 Å². The molecular weight excluding hydrogens is 286 g/mol. The van der Waals surface area contributed by atoms with Gasteiger partial charge >= 0.3 is 6.09 Å². The van der Waals surface area contributed by atoms with Crippen molar-refractivity contribution in [2.75, 3.05) is 0 Å². The molecular formula is C16H26NO3S. The van der Waals surface area contributed by atoms with Crippen molar-refractivity contribution in [1.82, 2.24) is 5.32 Å². The molecule has 21 heavy (non-hydrogen) atoms. The number of rotatable bonds is 3. The van der Waals surface area contributed by atoms with Gasteiger partial charge < -0.3 is 10.1 Å². The van der Waals surface area contributed by atoms with Crippen molar-refractivity contribution in [2.24, 2.45) is 0 Å². The van der Waals surface area contributed by atoms with Crippen LogP contribution in [0.2, 0.25) is 0 Å². The summed E-state index contributed by atoms with van der Waals surface area (Å²) in [4.78, 5) is 11.8. The van der Waals surface area contributed by atoms with E-state index in [0.717, 1.165) is 11.2 Å². The standard InChI is InChI=1S/C16H26NO3S/c1-11(17-14(18)20-15(2,3)4)12-9-8-10-13(12)21(19)16(5,6)7/h8-11H,1-7H3,(H,17,18)/t11-,21+/m0/s1. The Labute approximate surface area is 131 Å². The van der Waals surface area contributed by atoms with E-state index in [4.69, 9.17) is 4.74 Å². The molecule has 1 aliphatic rings. The van der Waals surface area contributed by atoms with E-state index in [9.17, 15) is 9.00 Å². The van der Waals surface area contributed by atoms with E-state index in [0.29, 0.717) is 0 Å². The lowest BCUT2D eigenvalue weighted by Gasteiger charge is -2.30. The second-order valence-electron chi connectivity index (χ2n) is 7.09. The summed E-state index contributed by atoms with van der Waals surface area (Å²) in [5.74, 6) is 0.870. The molecule has 1 amide bonds. The Morgan fingerprint density at radius 3 is 2.24 bits per heavy atom. The summed E-state index contributed by atoms with van der Waals surface area (Å²) in [6.07, 6.45) is 5.13. The summed E-state index contributed by atoms with van der Waals surface area (Å²) in [5, 5.41) is 3.56. The minimum absolute atomic E-state index is 0.254. The summed E-state index contributed by atoms with van der Waals surface area (Å²) in [5.41, 5.74) is -0.535. The molecule has 5 heteroatoms.